The number of H-pyrrole nitrogens is 1. The molecule has 0 saturated heterocycles. The molecule has 1 aromatic carbocycles. The number of hydrogen-bond donors (Lipinski definition) is 2. The summed E-state index contributed by atoms with van der Waals surface area (Å²) >= 11 is 0. The number of nitrogens with zero attached hydrogens (tertiary/aromatic N) is 2. The zero-order valence-electron chi connectivity index (χ0n) is 10.8. The molecule has 1 unspecified atom stereocenters. The summed E-state index contributed by atoms with van der Waals surface area (Å²) in [4.78, 5) is 20.8. The molecule has 1 aromatic heterocycles. The molecule has 5 nitrogen and oxygen atoms in total. The molecule has 19 heavy (non-hydrogen) atoms. The molecular weight excluding hydrogens is 240 g/mol. The Hall–Kier alpha value is -2.14. The monoisotopic (exact) mass is 256 g/mol. The molecule has 1 amide bonds. The van der Waals surface area contributed by atoms with Crippen LogP contribution in [0.5, 0.6) is 0 Å². The normalized spacial score (nSPS) is 15.7. The number of fused-ring (bicyclic) bond motifs is 1. The zero-order chi connectivity index (χ0) is 13.4. The number of benzene rings is 1. The first-order chi connectivity index (χ1) is 9.20. The number of carbonyl (C=O) groups excluding carboxylic acids is 1. The number of likely N-dealkylation sites (N-methyl/N-ethyl adjacent to an activating group) is 1. The van der Waals surface area contributed by atoms with E-state index in [0.717, 1.165) is 22.6 Å². The fraction of sp³-hybridized carbons (Fsp3) is 0.286. The van der Waals surface area contributed by atoms with Crippen molar-refractivity contribution in [3.63, 3.8) is 0 Å². The lowest BCUT2D eigenvalue weighted by Crippen LogP contribution is -2.20. The van der Waals surface area contributed by atoms with E-state index in [9.17, 15) is 4.79 Å². The Balaban J connectivity index is 1.99. The van der Waals surface area contributed by atoms with Crippen LogP contribution in [0, 0.1) is 0 Å². The van der Waals surface area contributed by atoms with Gasteiger partial charge in [-0.2, -0.15) is 0 Å². The van der Waals surface area contributed by atoms with Gasteiger partial charge in [-0.15, -0.1) is 0 Å². The van der Waals surface area contributed by atoms with Gasteiger partial charge in [0.25, 0.3) is 0 Å². The van der Waals surface area contributed by atoms with Gasteiger partial charge in [0.2, 0.25) is 5.91 Å². The summed E-state index contributed by atoms with van der Waals surface area (Å²) in [5.41, 5.74) is 9.01. The van der Waals surface area contributed by atoms with Crippen LogP contribution in [-0.4, -0.2) is 29.5 Å². The Morgan fingerprint density at radius 3 is 3.05 bits per heavy atom. The Morgan fingerprint density at radius 1 is 1.53 bits per heavy atom. The van der Waals surface area contributed by atoms with E-state index in [-0.39, 0.29) is 11.8 Å². The van der Waals surface area contributed by atoms with Gasteiger partial charge < -0.3 is 15.6 Å². The number of nitrogens with two attached hydrogens (primary N) is 1. The maximum Gasteiger partial charge on any atom is 0.231 e. The molecule has 1 aliphatic heterocycles. The highest BCUT2D eigenvalue weighted by Crippen LogP contribution is 2.31. The molecule has 1 aliphatic rings. The van der Waals surface area contributed by atoms with Crippen molar-refractivity contribution < 1.29 is 4.79 Å². The maximum atomic E-state index is 11.7. The summed E-state index contributed by atoms with van der Waals surface area (Å²) in [7, 11) is 1.81. The average molecular weight is 256 g/mol. The van der Waals surface area contributed by atoms with E-state index in [1.54, 1.807) is 24.3 Å². The Bertz CT molecular complexity index is 606. The van der Waals surface area contributed by atoms with E-state index < -0.39 is 0 Å². The van der Waals surface area contributed by atoms with Crippen LogP contribution < -0.4 is 10.6 Å². The minimum absolute atomic E-state index is 0.0429. The minimum atomic E-state index is 0.0429. The number of anilines is 1. The van der Waals surface area contributed by atoms with Crippen molar-refractivity contribution in [2.45, 2.75) is 12.3 Å². The van der Waals surface area contributed by atoms with E-state index in [2.05, 4.69) is 16.0 Å². The van der Waals surface area contributed by atoms with Crippen molar-refractivity contribution in [3.8, 4) is 0 Å². The van der Waals surface area contributed by atoms with Crippen LogP contribution in [0.3, 0.4) is 0 Å². The van der Waals surface area contributed by atoms with Crippen molar-refractivity contribution >= 4 is 11.6 Å². The predicted octanol–water partition coefficient (Wildman–Crippen LogP) is 1.02. The van der Waals surface area contributed by atoms with Gasteiger partial charge in [-0.1, -0.05) is 12.1 Å². The lowest BCUT2D eigenvalue weighted by Gasteiger charge is -2.15. The number of amides is 1. The van der Waals surface area contributed by atoms with Crippen molar-refractivity contribution in [1.82, 2.24) is 9.97 Å². The van der Waals surface area contributed by atoms with E-state index in [4.69, 9.17) is 5.73 Å². The van der Waals surface area contributed by atoms with Crippen LogP contribution in [-0.2, 0) is 11.2 Å². The first-order valence-corrected chi connectivity index (χ1v) is 6.29. The third-order valence-corrected chi connectivity index (χ3v) is 3.67. The number of nitrogens with one attached hydrogen (secondary N) is 1. The average Bonchev–Trinajstić information content (AvgIpc) is 3.01. The largest absolute Gasteiger partial charge is 0.348 e. The molecular formula is C14H16N4O. The van der Waals surface area contributed by atoms with Gasteiger partial charge in [-0.3, -0.25) is 4.79 Å². The number of rotatable bonds is 3. The third kappa shape index (κ3) is 1.92. The van der Waals surface area contributed by atoms with Crippen molar-refractivity contribution in [3.05, 3.63) is 47.5 Å². The summed E-state index contributed by atoms with van der Waals surface area (Å²) in [5.74, 6) is 1.04. The van der Waals surface area contributed by atoms with Crippen LogP contribution in [0.4, 0.5) is 5.69 Å². The summed E-state index contributed by atoms with van der Waals surface area (Å²) in [5, 5.41) is 0. The molecule has 2 aromatic rings. The third-order valence-electron chi connectivity index (χ3n) is 3.67. The Labute approximate surface area is 111 Å². The van der Waals surface area contributed by atoms with E-state index in [0.29, 0.717) is 13.0 Å². The smallest absolute Gasteiger partial charge is 0.231 e. The number of aromatic amines is 1. The first-order valence-electron chi connectivity index (χ1n) is 6.29. The second kappa shape index (κ2) is 4.51. The molecule has 0 aliphatic carbocycles. The molecule has 0 spiro atoms. The zero-order valence-corrected chi connectivity index (χ0v) is 10.8. The van der Waals surface area contributed by atoms with Gasteiger partial charge in [0.1, 0.15) is 5.82 Å². The molecule has 2 heterocycles. The number of hydrogen-bond acceptors (Lipinski definition) is 3. The highest BCUT2D eigenvalue weighted by Gasteiger charge is 2.25. The predicted molar refractivity (Wildman–Crippen MR) is 73.0 cm³/mol. The molecule has 0 radical (unpaired) electrons. The summed E-state index contributed by atoms with van der Waals surface area (Å²) < 4.78 is 0. The lowest BCUT2D eigenvalue weighted by atomic mass is 9.96. The summed E-state index contributed by atoms with van der Waals surface area (Å²) in [6.45, 7) is 0.482. The number of aromatic nitrogens is 2. The number of imidazole rings is 1. The van der Waals surface area contributed by atoms with Gasteiger partial charge in [0, 0.05) is 31.7 Å². The van der Waals surface area contributed by atoms with Crippen molar-refractivity contribution in [1.29, 1.82) is 0 Å². The quantitative estimate of drug-likeness (QED) is 0.861. The maximum absolute atomic E-state index is 11.7. The van der Waals surface area contributed by atoms with Gasteiger partial charge in [0.15, 0.2) is 0 Å². The van der Waals surface area contributed by atoms with E-state index in [1.165, 1.54) is 0 Å². The molecule has 1 atom stereocenters. The lowest BCUT2D eigenvalue weighted by molar-refractivity contribution is -0.117. The summed E-state index contributed by atoms with van der Waals surface area (Å²) in [6.07, 6.45) is 3.99. The summed E-state index contributed by atoms with van der Waals surface area (Å²) in [6, 6.07) is 6.08. The fourth-order valence-corrected chi connectivity index (χ4v) is 2.58. The van der Waals surface area contributed by atoms with Crippen molar-refractivity contribution in [2.75, 3.05) is 18.5 Å². The van der Waals surface area contributed by atoms with Crippen LogP contribution >= 0.6 is 0 Å². The Morgan fingerprint density at radius 2 is 2.37 bits per heavy atom. The highest BCUT2D eigenvalue weighted by molar-refractivity contribution is 6.00. The van der Waals surface area contributed by atoms with Gasteiger partial charge >= 0.3 is 0 Å². The van der Waals surface area contributed by atoms with Gasteiger partial charge in [-0.25, -0.2) is 4.98 Å². The molecule has 5 heteroatoms. The van der Waals surface area contributed by atoms with E-state index in [1.807, 2.05) is 12.1 Å². The van der Waals surface area contributed by atoms with Gasteiger partial charge in [0.05, 0.1) is 12.3 Å². The fourth-order valence-electron chi connectivity index (χ4n) is 2.58. The molecule has 3 N–H and O–H groups in total. The molecule has 3 rings (SSSR count). The van der Waals surface area contributed by atoms with Gasteiger partial charge in [-0.05, 0) is 17.2 Å². The molecule has 0 fully saturated rings. The second-order valence-electron chi connectivity index (χ2n) is 4.78. The van der Waals surface area contributed by atoms with Crippen molar-refractivity contribution in [2.24, 2.45) is 5.73 Å². The van der Waals surface area contributed by atoms with Crippen LogP contribution in [0.25, 0.3) is 0 Å². The standard InChI is InChI=1S/C14H16N4O/c1-18-12-3-2-9(6-10(12)7-13(18)19)11(8-15)14-16-4-5-17-14/h2-6,11H,7-8,15H2,1H3,(H,16,17). The highest BCUT2D eigenvalue weighted by atomic mass is 16.2. The minimum Gasteiger partial charge on any atom is -0.348 e. The number of carbonyl (C=O) groups is 1. The van der Waals surface area contributed by atoms with Crippen LogP contribution in [0.1, 0.15) is 22.9 Å². The molecule has 0 saturated carbocycles. The second-order valence-corrected chi connectivity index (χ2v) is 4.78. The van der Waals surface area contributed by atoms with Crippen LogP contribution in [0.15, 0.2) is 30.6 Å². The first kappa shape index (κ1) is 11.9. The molecule has 98 valence electrons. The topological polar surface area (TPSA) is 75.0 Å². The SMILES string of the molecule is CN1C(=O)Cc2cc(C(CN)c3ncc[nH]3)ccc21. The molecule has 0 bridgehead atoms. The van der Waals surface area contributed by atoms with E-state index >= 15 is 0 Å². The Kier molecular flexibility index (Phi) is 2.83. The van der Waals surface area contributed by atoms with Crippen LogP contribution in [0.2, 0.25) is 0 Å².